The smallest absolute Gasteiger partial charge is 0.364 e. The van der Waals surface area contributed by atoms with Gasteiger partial charge in [-0.25, -0.2) is 4.79 Å². The van der Waals surface area contributed by atoms with Crippen LogP contribution in [0, 0.1) is 5.92 Å². The third-order valence-corrected chi connectivity index (χ3v) is 3.62. The fraction of sp³-hybridized carbons (Fsp3) is 0.769. The molecule has 0 radical (unpaired) electrons. The molecule has 1 saturated carbocycles. The highest BCUT2D eigenvalue weighted by Crippen LogP contribution is 2.25. The SMILES string of the molecule is CCOC(=O)/C(=N/OC1CCC(C)CC1)C(=O)CBr. The van der Waals surface area contributed by atoms with Gasteiger partial charge in [0.1, 0.15) is 6.10 Å². The predicted molar refractivity (Wildman–Crippen MR) is 75.4 cm³/mol. The molecule has 0 bridgehead atoms. The van der Waals surface area contributed by atoms with Gasteiger partial charge < -0.3 is 9.57 Å². The molecule has 0 amide bonds. The largest absolute Gasteiger partial charge is 0.461 e. The lowest BCUT2D eigenvalue weighted by molar-refractivity contribution is -0.136. The molecule has 0 aromatic rings. The Hall–Kier alpha value is -0.910. The zero-order valence-corrected chi connectivity index (χ0v) is 12.9. The van der Waals surface area contributed by atoms with Crippen LogP contribution in [-0.2, 0) is 19.2 Å². The Morgan fingerprint density at radius 1 is 1.26 bits per heavy atom. The van der Waals surface area contributed by atoms with Crippen LogP contribution in [0.3, 0.4) is 0 Å². The van der Waals surface area contributed by atoms with Gasteiger partial charge in [-0.15, -0.1) is 0 Å². The van der Waals surface area contributed by atoms with Crippen molar-refractivity contribution in [3.63, 3.8) is 0 Å². The molecule has 0 aromatic heterocycles. The average molecular weight is 334 g/mol. The Bertz CT molecular complexity index is 349. The van der Waals surface area contributed by atoms with Crippen molar-refractivity contribution < 1.29 is 19.2 Å². The van der Waals surface area contributed by atoms with Crippen molar-refractivity contribution in [2.45, 2.75) is 45.6 Å². The molecule has 0 aliphatic heterocycles. The van der Waals surface area contributed by atoms with Crippen LogP contribution in [0.2, 0.25) is 0 Å². The van der Waals surface area contributed by atoms with Crippen molar-refractivity contribution in [2.75, 3.05) is 11.9 Å². The average Bonchev–Trinajstić information content (AvgIpc) is 2.41. The summed E-state index contributed by atoms with van der Waals surface area (Å²) in [7, 11) is 0. The van der Waals surface area contributed by atoms with E-state index in [1.807, 2.05) is 0 Å². The van der Waals surface area contributed by atoms with Crippen LogP contribution in [-0.4, -0.2) is 35.5 Å². The molecule has 1 rings (SSSR count). The number of alkyl halides is 1. The lowest BCUT2D eigenvalue weighted by Crippen LogP contribution is -2.29. The summed E-state index contributed by atoms with van der Waals surface area (Å²) in [5.41, 5.74) is -0.266. The molecule has 108 valence electrons. The topological polar surface area (TPSA) is 65.0 Å². The van der Waals surface area contributed by atoms with Gasteiger partial charge in [-0.3, -0.25) is 4.79 Å². The summed E-state index contributed by atoms with van der Waals surface area (Å²) in [4.78, 5) is 28.5. The van der Waals surface area contributed by atoms with Crippen molar-refractivity contribution in [1.29, 1.82) is 0 Å². The summed E-state index contributed by atoms with van der Waals surface area (Å²) in [5.74, 6) is -0.448. The zero-order valence-electron chi connectivity index (χ0n) is 11.4. The molecule has 0 aromatic carbocycles. The Morgan fingerprint density at radius 2 is 1.89 bits per heavy atom. The molecule has 0 heterocycles. The van der Waals surface area contributed by atoms with E-state index >= 15 is 0 Å². The van der Waals surface area contributed by atoms with Gasteiger partial charge in [0.25, 0.3) is 0 Å². The summed E-state index contributed by atoms with van der Waals surface area (Å²) in [5, 5.41) is 3.75. The monoisotopic (exact) mass is 333 g/mol. The number of halogens is 1. The van der Waals surface area contributed by atoms with Gasteiger partial charge in [0.15, 0.2) is 0 Å². The summed E-state index contributed by atoms with van der Waals surface area (Å²) in [6.07, 6.45) is 3.97. The molecule has 1 aliphatic carbocycles. The van der Waals surface area contributed by atoms with Crippen LogP contribution in [0.5, 0.6) is 0 Å². The summed E-state index contributed by atoms with van der Waals surface area (Å²) in [6, 6.07) is 0. The number of carbonyl (C=O) groups excluding carboxylic acids is 2. The third-order valence-electron chi connectivity index (χ3n) is 3.11. The molecule has 0 N–H and O–H groups in total. The second-order valence-electron chi connectivity index (χ2n) is 4.70. The van der Waals surface area contributed by atoms with Crippen molar-refractivity contribution in [2.24, 2.45) is 11.1 Å². The van der Waals surface area contributed by atoms with Crippen LogP contribution >= 0.6 is 15.9 Å². The van der Waals surface area contributed by atoms with Gasteiger partial charge in [0.05, 0.1) is 11.9 Å². The van der Waals surface area contributed by atoms with E-state index in [0.717, 1.165) is 25.7 Å². The molecule has 1 fully saturated rings. The van der Waals surface area contributed by atoms with Crippen LogP contribution in [0.1, 0.15) is 39.5 Å². The second-order valence-corrected chi connectivity index (χ2v) is 5.27. The minimum absolute atomic E-state index is 0.0104. The molecule has 0 atom stereocenters. The third kappa shape index (κ3) is 5.30. The van der Waals surface area contributed by atoms with E-state index in [-0.39, 0.29) is 23.8 Å². The van der Waals surface area contributed by atoms with Crippen molar-refractivity contribution in [1.82, 2.24) is 0 Å². The lowest BCUT2D eigenvalue weighted by Gasteiger charge is -2.24. The summed E-state index contributed by atoms with van der Waals surface area (Å²) in [6.45, 7) is 4.09. The fourth-order valence-corrected chi connectivity index (χ4v) is 2.19. The Morgan fingerprint density at radius 3 is 2.42 bits per heavy atom. The molecule has 19 heavy (non-hydrogen) atoms. The maximum absolute atomic E-state index is 11.6. The number of Topliss-reactive ketones (excluding diaryl/α,β-unsaturated/α-hetero) is 1. The van der Waals surface area contributed by atoms with Crippen molar-refractivity contribution in [3.8, 4) is 0 Å². The highest BCUT2D eigenvalue weighted by molar-refractivity contribution is 9.09. The molecule has 0 unspecified atom stereocenters. The Labute approximate surface area is 121 Å². The van der Waals surface area contributed by atoms with E-state index in [1.165, 1.54) is 0 Å². The highest BCUT2D eigenvalue weighted by Gasteiger charge is 2.24. The van der Waals surface area contributed by atoms with E-state index in [2.05, 4.69) is 28.0 Å². The zero-order chi connectivity index (χ0) is 14.3. The Kier molecular flexibility index (Phi) is 7.05. The van der Waals surface area contributed by atoms with Crippen LogP contribution in [0.4, 0.5) is 0 Å². The molecule has 6 heteroatoms. The second kappa shape index (κ2) is 8.30. The number of nitrogens with zero attached hydrogens (tertiary/aromatic N) is 1. The minimum atomic E-state index is -0.726. The van der Waals surface area contributed by atoms with Gasteiger partial charge >= 0.3 is 5.97 Å². The molecule has 0 spiro atoms. The first-order chi connectivity index (χ1) is 9.08. The van der Waals surface area contributed by atoms with Crippen LogP contribution in [0.25, 0.3) is 0 Å². The summed E-state index contributed by atoms with van der Waals surface area (Å²) >= 11 is 3.01. The fourth-order valence-electron chi connectivity index (χ4n) is 1.93. The molecule has 1 aliphatic rings. The number of ketones is 1. The first-order valence-corrected chi connectivity index (χ1v) is 7.70. The van der Waals surface area contributed by atoms with E-state index in [0.29, 0.717) is 5.92 Å². The standard InChI is InChI=1S/C13H20BrNO4/c1-3-18-13(17)12(11(16)8-14)15-19-10-6-4-9(2)5-7-10/h9-10H,3-8H2,1-2H3/b15-12+. The molecule has 0 saturated heterocycles. The number of hydrogen-bond acceptors (Lipinski definition) is 5. The Balaban J connectivity index is 2.61. The lowest BCUT2D eigenvalue weighted by atomic mass is 9.89. The van der Waals surface area contributed by atoms with Crippen molar-refractivity contribution >= 4 is 33.4 Å². The van der Waals surface area contributed by atoms with E-state index in [4.69, 9.17) is 9.57 Å². The van der Waals surface area contributed by atoms with E-state index in [1.54, 1.807) is 6.92 Å². The van der Waals surface area contributed by atoms with Gasteiger partial charge in [-0.2, -0.15) is 0 Å². The van der Waals surface area contributed by atoms with E-state index in [9.17, 15) is 9.59 Å². The maximum atomic E-state index is 11.6. The first-order valence-electron chi connectivity index (χ1n) is 6.58. The van der Waals surface area contributed by atoms with Gasteiger partial charge in [0, 0.05) is 0 Å². The quantitative estimate of drug-likeness (QED) is 0.246. The maximum Gasteiger partial charge on any atom is 0.364 e. The highest BCUT2D eigenvalue weighted by atomic mass is 79.9. The predicted octanol–water partition coefficient (Wildman–Crippen LogP) is 2.46. The number of rotatable bonds is 6. The molecular formula is C13H20BrNO4. The first kappa shape index (κ1) is 16.1. The number of ether oxygens (including phenoxy) is 1. The number of carbonyl (C=O) groups is 2. The van der Waals surface area contributed by atoms with Crippen LogP contribution < -0.4 is 0 Å². The van der Waals surface area contributed by atoms with E-state index < -0.39 is 11.8 Å². The summed E-state index contributed by atoms with van der Waals surface area (Å²) < 4.78 is 4.79. The normalized spacial score (nSPS) is 23.8. The van der Waals surface area contributed by atoms with Crippen molar-refractivity contribution in [3.05, 3.63) is 0 Å². The molecule has 5 nitrogen and oxygen atoms in total. The van der Waals surface area contributed by atoms with Gasteiger partial charge in [0.2, 0.25) is 11.5 Å². The van der Waals surface area contributed by atoms with Crippen LogP contribution in [0.15, 0.2) is 5.16 Å². The number of oxime groups is 1. The molecular weight excluding hydrogens is 314 g/mol. The minimum Gasteiger partial charge on any atom is -0.461 e. The van der Waals surface area contributed by atoms with Gasteiger partial charge in [-0.05, 0) is 38.5 Å². The number of hydrogen-bond donors (Lipinski definition) is 0. The number of esters is 1. The van der Waals surface area contributed by atoms with Gasteiger partial charge in [-0.1, -0.05) is 28.0 Å².